The number of nitrogens with zero attached hydrogens (tertiary/aromatic N) is 2. The first kappa shape index (κ1) is 62.1. The van der Waals surface area contributed by atoms with Gasteiger partial charge in [-0.25, -0.2) is 0 Å². The van der Waals surface area contributed by atoms with E-state index in [0.717, 1.165) is 105 Å². The van der Waals surface area contributed by atoms with Gasteiger partial charge in [0.25, 0.3) is 0 Å². The highest BCUT2D eigenvalue weighted by atomic mass is 16.4. The molecule has 0 unspecified atom stereocenters. The van der Waals surface area contributed by atoms with Crippen molar-refractivity contribution in [3.63, 3.8) is 0 Å². The molecule has 16 aromatic carbocycles. The Balaban J connectivity index is 0.000000140. The molecule has 2 aromatic heterocycles. The second-order valence-electron chi connectivity index (χ2n) is 25.0. The summed E-state index contributed by atoms with van der Waals surface area (Å²) in [6, 6.07) is 131. The highest BCUT2D eigenvalue weighted by Gasteiger charge is 2.25. The Morgan fingerprint density at radius 2 is 0.580 bits per heavy atom. The number of anilines is 6. The lowest BCUT2D eigenvalue weighted by molar-refractivity contribution is 0.426. The maximum Gasteiger partial charge on any atom is 0.488 e. The Morgan fingerprint density at radius 3 is 1.01 bits per heavy atom. The van der Waals surface area contributed by atoms with Crippen molar-refractivity contribution in [3.8, 4) is 55.6 Å². The maximum atomic E-state index is 8.94. The molecule has 100 heavy (non-hydrogen) atoms. The predicted octanol–water partition coefficient (Wildman–Crippen LogP) is 24.7. The van der Waals surface area contributed by atoms with Gasteiger partial charge in [0.05, 0.1) is 11.4 Å². The van der Waals surface area contributed by atoms with Gasteiger partial charge in [-0.05, 0) is 175 Å². The molecule has 478 valence electrons. The molecule has 0 aliphatic heterocycles. The first-order valence-electron chi connectivity index (χ1n) is 33.7. The average Bonchev–Trinajstić information content (AvgIpc) is 1.67. The number of fused-ring (bicyclic) bond motifs is 8. The van der Waals surface area contributed by atoms with Crippen LogP contribution >= 0.6 is 0 Å². The van der Waals surface area contributed by atoms with Gasteiger partial charge in [-0.1, -0.05) is 285 Å². The summed E-state index contributed by atoms with van der Waals surface area (Å²) in [6.45, 7) is 2.16. The van der Waals surface area contributed by atoms with E-state index in [1.807, 2.05) is 48.5 Å². The van der Waals surface area contributed by atoms with Crippen LogP contribution in [-0.2, 0) is 0 Å². The van der Waals surface area contributed by atoms with Crippen LogP contribution in [0.15, 0.2) is 385 Å². The molecule has 0 bridgehead atoms. The third kappa shape index (κ3) is 12.6. The topological polar surface area (TPSA) is 73.2 Å². The van der Waals surface area contributed by atoms with E-state index >= 15 is 0 Å². The Hall–Kier alpha value is -12.8. The summed E-state index contributed by atoms with van der Waals surface area (Å²) >= 11 is 0. The minimum atomic E-state index is -1.38. The second kappa shape index (κ2) is 27.8. The van der Waals surface area contributed by atoms with Crippen molar-refractivity contribution in [3.05, 3.63) is 382 Å². The highest BCUT2D eigenvalue weighted by Crippen LogP contribution is 2.48. The summed E-state index contributed by atoms with van der Waals surface area (Å²) in [4.78, 5) is 4.69. The van der Waals surface area contributed by atoms with Crippen molar-refractivity contribution < 1.29 is 20.3 Å². The number of furan rings is 2. The van der Waals surface area contributed by atoms with Crippen LogP contribution in [0.25, 0.3) is 121 Å². The number of aryl methyl sites for hydroxylation is 1. The van der Waals surface area contributed by atoms with E-state index in [1.54, 1.807) is 12.1 Å². The van der Waals surface area contributed by atoms with Crippen molar-refractivity contribution in [1.82, 2.24) is 0 Å². The molecular weight excluding hydrogens is 1220 g/mol. The van der Waals surface area contributed by atoms with Gasteiger partial charge >= 0.3 is 7.12 Å². The molecule has 0 saturated carbocycles. The Morgan fingerprint density at radius 1 is 0.260 bits per heavy atom. The first-order chi connectivity index (χ1) is 49.3. The Kier molecular flexibility index (Phi) is 17.2. The second-order valence-corrected chi connectivity index (χ2v) is 25.0. The summed E-state index contributed by atoms with van der Waals surface area (Å²) in [7, 11) is -1.38. The highest BCUT2D eigenvalue weighted by molar-refractivity contribution is 6.58. The van der Waals surface area contributed by atoms with Crippen LogP contribution in [0.3, 0.4) is 0 Å². The lowest BCUT2D eigenvalue weighted by Crippen LogP contribution is -2.29. The minimum absolute atomic E-state index is 0. The quantitative estimate of drug-likeness (QED) is 0.119. The van der Waals surface area contributed by atoms with E-state index < -0.39 is 7.12 Å². The van der Waals surface area contributed by atoms with Crippen molar-refractivity contribution in [1.29, 1.82) is 0 Å². The number of para-hydroxylation sites is 2. The van der Waals surface area contributed by atoms with E-state index in [4.69, 9.17) is 18.9 Å². The van der Waals surface area contributed by atoms with Gasteiger partial charge < -0.3 is 28.7 Å². The molecule has 0 aliphatic rings. The van der Waals surface area contributed by atoms with Crippen LogP contribution in [-0.4, -0.2) is 17.2 Å². The van der Waals surface area contributed by atoms with Crippen molar-refractivity contribution in [2.45, 2.75) is 6.92 Å². The van der Waals surface area contributed by atoms with E-state index in [-0.39, 0.29) is 1.43 Å². The lowest BCUT2D eigenvalue weighted by atomic mass is 9.79. The summed E-state index contributed by atoms with van der Waals surface area (Å²) in [5.74, 6) is 0. The van der Waals surface area contributed by atoms with E-state index in [1.165, 1.54) is 55.3 Å². The van der Waals surface area contributed by atoms with Gasteiger partial charge in [-0.3, -0.25) is 0 Å². The molecule has 18 rings (SSSR count). The molecule has 0 radical (unpaired) electrons. The zero-order valence-corrected chi connectivity index (χ0v) is 55.0. The molecule has 2 N–H and O–H groups in total. The van der Waals surface area contributed by atoms with Gasteiger partial charge in [-0.2, -0.15) is 0 Å². The number of hydrogen-bond acceptors (Lipinski definition) is 6. The fourth-order valence-corrected chi connectivity index (χ4v) is 13.7. The van der Waals surface area contributed by atoms with Gasteiger partial charge in [0.2, 0.25) is 0 Å². The molecule has 0 aliphatic carbocycles. The average molecular weight is 1290 g/mol. The van der Waals surface area contributed by atoms with Crippen LogP contribution in [0.4, 0.5) is 34.1 Å². The minimum Gasteiger partial charge on any atom is -0.456 e. The standard InChI is InChI=1S/C46H31NO.C37H27NO.C10H9BO2.H2/c1-3-11-32(12-4-1)35-21-25-39(26-22-35)47(40-27-23-36(24-28-40)33-13-5-2-6-14-33)43-30-29-42-41-17-9-10-18-44(41)48-46(42)45(43)38-20-19-34-15-7-8-16-37(34)31-38;1-26-35(25-24-34-33-14-8-9-15-36(33)39-37(26)34)38(31-20-16-29(17-21-31)27-10-4-2-5-11-27)32-22-18-30(19-23-32)28-12-6-3-7-13-28;12-11(13)10-6-5-8-3-1-2-4-9(8)7-10;/h1-31H;2-25H,1H3;1-7,12-13H;1H/i;;;1+1. The SMILES string of the molecule is Cc1c(N(c2ccc(-c3ccccc3)cc2)c2ccc(-c3ccccc3)cc2)ccc2c1oc1ccccc12.OB(O)c1ccc2ccccc2c1.[2HH].c1ccc(-c2ccc(N(c3ccc(-c4ccccc4)cc3)c3ccc4c(oc5ccccc54)c3-c3ccc4ccccc4c3)cc2)cc1. The largest absolute Gasteiger partial charge is 0.488 e. The molecule has 18 aromatic rings. The summed E-state index contributed by atoms with van der Waals surface area (Å²) < 4.78 is 13.1. The fourth-order valence-electron chi connectivity index (χ4n) is 13.7. The molecule has 6 nitrogen and oxygen atoms in total. The summed E-state index contributed by atoms with van der Waals surface area (Å²) in [5.41, 5.74) is 23.5. The van der Waals surface area contributed by atoms with Crippen molar-refractivity contribution in [2.75, 3.05) is 9.80 Å². The predicted molar refractivity (Wildman–Crippen MR) is 422 cm³/mol. The van der Waals surface area contributed by atoms with Gasteiger partial charge in [0.1, 0.15) is 22.3 Å². The molecule has 0 atom stereocenters. The Bertz CT molecular complexity index is 5700. The summed E-state index contributed by atoms with van der Waals surface area (Å²) in [5, 5.41) is 26.9. The molecular formula is C93H69BN2O4. The van der Waals surface area contributed by atoms with Crippen molar-refractivity contribution >= 4 is 112 Å². The fraction of sp³-hybridized carbons (Fsp3) is 0.0108. The maximum absolute atomic E-state index is 8.94. The molecule has 7 heteroatoms. The molecule has 0 fully saturated rings. The van der Waals surface area contributed by atoms with Crippen LogP contribution in [0.2, 0.25) is 0 Å². The molecule has 0 amide bonds. The molecule has 2 heterocycles. The smallest absolute Gasteiger partial charge is 0.456 e. The van der Waals surface area contributed by atoms with E-state index in [0.29, 0.717) is 5.46 Å². The van der Waals surface area contributed by atoms with Crippen LogP contribution in [0.5, 0.6) is 0 Å². The monoisotopic (exact) mass is 1290 g/mol. The zero-order chi connectivity index (χ0) is 67.3. The normalized spacial score (nSPS) is 11.2. The molecule has 0 spiro atoms. The number of hydrogen-bond donors (Lipinski definition) is 2. The zero-order valence-electron chi connectivity index (χ0n) is 55.0. The van der Waals surface area contributed by atoms with Crippen LogP contribution in [0.1, 0.15) is 6.99 Å². The first-order valence-corrected chi connectivity index (χ1v) is 33.7. The Labute approximate surface area is 583 Å². The van der Waals surface area contributed by atoms with Crippen LogP contribution in [0, 0.1) is 6.92 Å². The van der Waals surface area contributed by atoms with Crippen molar-refractivity contribution in [2.24, 2.45) is 0 Å². The molecule has 0 saturated heterocycles. The summed E-state index contributed by atoms with van der Waals surface area (Å²) in [6.07, 6.45) is 0. The van der Waals surface area contributed by atoms with Crippen LogP contribution < -0.4 is 15.3 Å². The van der Waals surface area contributed by atoms with E-state index in [9.17, 15) is 0 Å². The number of benzene rings is 16. The van der Waals surface area contributed by atoms with Gasteiger partial charge in [-0.15, -0.1) is 0 Å². The van der Waals surface area contributed by atoms with Gasteiger partial charge in [0, 0.05) is 56.8 Å². The third-order valence-electron chi connectivity index (χ3n) is 18.8. The third-order valence-corrected chi connectivity index (χ3v) is 18.8. The van der Waals surface area contributed by atoms with E-state index in [2.05, 4.69) is 332 Å². The van der Waals surface area contributed by atoms with Gasteiger partial charge in [0.15, 0.2) is 0 Å². The number of rotatable bonds is 12. The lowest BCUT2D eigenvalue weighted by Gasteiger charge is -2.28.